The summed E-state index contributed by atoms with van der Waals surface area (Å²) in [7, 11) is 0. The van der Waals surface area contributed by atoms with Crippen molar-refractivity contribution in [3.05, 3.63) is 24.7 Å². The smallest absolute Gasteiger partial charge is 0.228 e. The molecule has 10 heteroatoms. The molecule has 3 aromatic rings. The Balaban J connectivity index is 0.00000119. The molecule has 32 heavy (non-hydrogen) atoms. The number of fused-ring (bicyclic) bond motifs is 1. The van der Waals surface area contributed by atoms with Crippen LogP contribution in [0.5, 0.6) is 0 Å². The minimum atomic E-state index is -1.02. The zero-order valence-corrected chi connectivity index (χ0v) is 18.7. The summed E-state index contributed by atoms with van der Waals surface area (Å²) in [6.45, 7) is 8.02. The topological polar surface area (TPSA) is 124 Å². The van der Waals surface area contributed by atoms with Crippen LogP contribution in [0.2, 0.25) is 0 Å². The third-order valence-corrected chi connectivity index (χ3v) is 5.90. The van der Waals surface area contributed by atoms with E-state index in [2.05, 4.69) is 24.8 Å². The van der Waals surface area contributed by atoms with Crippen LogP contribution in [0.15, 0.2) is 24.7 Å². The van der Waals surface area contributed by atoms with Gasteiger partial charge in [-0.05, 0) is 25.0 Å². The van der Waals surface area contributed by atoms with Crippen LogP contribution < -0.4 is 9.80 Å². The molecule has 0 aliphatic carbocycles. The number of hydrogen-bond acceptors (Lipinski definition) is 9. The summed E-state index contributed by atoms with van der Waals surface area (Å²) in [5.41, 5.74) is 1.97. The number of morpholine rings is 1. The average molecular weight is 442 g/mol. The monoisotopic (exact) mass is 441 g/mol. The van der Waals surface area contributed by atoms with Gasteiger partial charge in [0, 0.05) is 37.9 Å². The summed E-state index contributed by atoms with van der Waals surface area (Å²) in [5, 5.41) is 19.7. The van der Waals surface area contributed by atoms with Crippen LogP contribution in [0, 0.1) is 0 Å². The number of rotatable bonds is 4. The number of aliphatic hydroxyl groups excluding tert-OH is 1. The van der Waals surface area contributed by atoms with Crippen molar-refractivity contribution in [2.45, 2.75) is 32.3 Å². The summed E-state index contributed by atoms with van der Waals surface area (Å²) in [6.07, 6.45) is 4.38. The molecule has 0 amide bonds. The molecule has 2 fully saturated rings. The maximum atomic E-state index is 10.3. The van der Waals surface area contributed by atoms with Gasteiger partial charge in [0.05, 0.1) is 31.7 Å². The minimum absolute atomic E-state index is 0.230. The van der Waals surface area contributed by atoms with E-state index in [4.69, 9.17) is 9.72 Å². The van der Waals surface area contributed by atoms with E-state index in [1.165, 1.54) is 0 Å². The maximum Gasteiger partial charge on any atom is 0.228 e. The molecule has 172 valence electrons. The van der Waals surface area contributed by atoms with E-state index in [1.807, 2.05) is 37.1 Å². The van der Waals surface area contributed by atoms with Gasteiger partial charge in [-0.2, -0.15) is 4.98 Å². The highest BCUT2D eigenvalue weighted by Gasteiger charge is 2.32. The first-order valence-corrected chi connectivity index (χ1v) is 11.2. The zero-order valence-electron chi connectivity index (χ0n) is 18.7. The maximum absolute atomic E-state index is 10.3. The molecule has 2 aliphatic heterocycles. The van der Waals surface area contributed by atoms with E-state index in [1.54, 1.807) is 6.33 Å². The predicted molar refractivity (Wildman–Crippen MR) is 123 cm³/mol. The number of hydrogen-bond donors (Lipinski definition) is 3. The first kappa shape index (κ1) is 22.4. The van der Waals surface area contributed by atoms with Crippen LogP contribution >= 0.6 is 0 Å². The highest BCUT2D eigenvalue weighted by Crippen LogP contribution is 2.29. The number of H-pyrrole nitrogens is 1. The zero-order chi connectivity index (χ0) is 22.6. The Morgan fingerprint density at radius 1 is 1.03 bits per heavy atom. The van der Waals surface area contributed by atoms with Crippen LogP contribution in [-0.2, 0) is 4.74 Å². The lowest BCUT2D eigenvalue weighted by molar-refractivity contribution is -0.0327. The van der Waals surface area contributed by atoms with Crippen molar-refractivity contribution >= 4 is 22.9 Å². The number of aromatic nitrogens is 5. The quantitative estimate of drug-likeness (QED) is 0.554. The highest BCUT2D eigenvalue weighted by atomic mass is 16.5. The van der Waals surface area contributed by atoms with Crippen molar-refractivity contribution in [2.75, 3.05) is 55.8 Å². The second-order valence-electron chi connectivity index (χ2n) is 7.85. The molecule has 0 aromatic carbocycles. The Hall–Kier alpha value is -2.82. The Morgan fingerprint density at radius 3 is 2.44 bits per heavy atom. The Morgan fingerprint density at radius 2 is 1.78 bits per heavy atom. The van der Waals surface area contributed by atoms with Gasteiger partial charge in [-0.15, -0.1) is 0 Å². The standard InChI is InChI=1S/C20H25N7O3.C2H6/c28-12-20(29)3-5-27(6-4-20)19-24-16(17-18(25-19)23-13-22-17)14-1-2-15(21-11-14)26-7-9-30-10-8-26;1-2/h1-2,11,13,28-29H,3-10,12H2,(H,22,23,24,25);1-2H3. The molecular formula is C22H31N7O3. The molecule has 2 saturated heterocycles. The molecule has 5 rings (SSSR count). The second kappa shape index (κ2) is 9.76. The number of imidazole rings is 1. The molecule has 0 bridgehead atoms. The van der Waals surface area contributed by atoms with Gasteiger partial charge < -0.3 is 29.7 Å². The SMILES string of the molecule is CC.OCC1(O)CCN(c2nc(-c3ccc(N4CCOCC4)nc3)c3[nH]cnc3n2)CC1. The number of nitrogens with zero attached hydrogens (tertiary/aromatic N) is 6. The summed E-state index contributed by atoms with van der Waals surface area (Å²) < 4.78 is 5.41. The van der Waals surface area contributed by atoms with Crippen molar-refractivity contribution in [3.63, 3.8) is 0 Å². The molecule has 5 heterocycles. The molecule has 0 unspecified atom stereocenters. The Kier molecular flexibility index (Phi) is 6.83. The van der Waals surface area contributed by atoms with Gasteiger partial charge in [0.25, 0.3) is 0 Å². The first-order valence-electron chi connectivity index (χ1n) is 11.2. The third-order valence-electron chi connectivity index (χ3n) is 5.90. The largest absolute Gasteiger partial charge is 0.393 e. The van der Waals surface area contributed by atoms with Gasteiger partial charge in [-0.25, -0.2) is 15.0 Å². The number of anilines is 2. The number of piperidine rings is 1. The summed E-state index contributed by atoms with van der Waals surface area (Å²) in [6, 6.07) is 4.03. The van der Waals surface area contributed by atoms with Gasteiger partial charge in [-0.3, -0.25) is 0 Å². The normalized spacial score (nSPS) is 18.4. The number of aliphatic hydroxyl groups is 2. The number of aromatic amines is 1. The second-order valence-corrected chi connectivity index (χ2v) is 7.85. The van der Waals surface area contributed by atoms with Crippen molar-refractivity contribution in [1.82, 2.24) is 24.9 Å². The molecule has 0 saturated carbocycles. The summed E-state index contributed by atoms with van der Waals surface area (Å²) >= 11 is 0. The van der Waals surface area contributed by atoms with E-state index >= 15 is 0 Å². The van der Waals surface area contributed by atoms with Crippen molar-refractivity contribution in [2.24, 2.45) is 0 Å². The molecular weight excluding hydrogens is 410 g/mol. The molecule has 10 nitrogen and oxygen atoms in total. The van der Waals surface area contributed by atoms with Crippen molar-refractivity contribution < 1.29 is 14.9 Å². The van der Waals surface area contributed by atoms with Crippen LogP contribution in [0.25, 0.3) is 22.4 Å². The molecule has 0 spiro atoms. The first-order chi connectivity index (χ1) is 15.6. The van der Waals surface area contributed by atoms with Gasteiger partial charge in [0.2, 0.25) is 5.95 Å². The van der Waals surface area contributed by atoms with Crippen LogP contribution in [0.4, 0.5) is 11.8 Å². The fourth-order valence-corrected chi connectivity index (χ4v) is 3.96. The molecule has 3 aromatic heterocycles. The lowest BCUT2D eigenvalue weighted by Crippen LogP contribution is -2.47. The minimum Gasteiger partial charge on any atom is -0.393 e. The Bertz CT molecular complexity index is 1010. The van der Waals surface area contributed by atoms with E-state index in [0.29, 0.717) is 50.7 Å². The van der Waals surface area contributed by atoms with Gasteiger partial charge in [-0.1, -0.05) is 13.8 Å². The predicted octanol–water partition coefficient (Wildman–Crippen LogP) is 1.60. The fraction of sp³-hybridized carbons (Fsp3) is 0.545. The number of pyridine rings is 1. The van der Waals surface area contributed by atoms with Crippen molar-refractivity contribution in [3.8, 4) is 11.3 Å². The molecule has 0 atom stereocenters. The van der Waals surface area contributed by atoms with E-state index in [0.717, 1.165) is 35.7 Å². The molecule has 2 aliphatic rings. The van der Waals surface area contributed by atoms with E-state index in [-0.39, 0.29) is 6.61 Å². The highest BCUT2D eigenvalue weighted by molar-refractivity contribution is 5.88. The van der Waals surface area contributed by atoms with Crippen LogP contribution in [-0.4, -0.2) is 86.7 Å². The van der Waals surface area contributed by atoms with Crippen molar-refractivity contribution in [1.29, 1.82) is 0 Å². The summed E-state index contributed by atoms with van der Waals surface area (Å²) in [5.74, 6) is 1.50. The fourth-order valence-electron chi connectivity index (χ4n) is 3.96. The van der Waals surface area contributed by atoms with E-state index < -0.39 is 5.60 Å². The van der Waals surface area contributed by atoms with Crippen LogP contribution in [0.1, 0.15) is 26.7 Å². The molecule has 3 N–H and O–H groups in total. The number of ether oxygens (including phenoxy) is 1. The van der Waals surface area contributed by atoms with E-state index in [9.17, 15) is 10.2 Å². The third kappa shape index (κ3) is 4.52. The summed E-state index contributed by atoms with van der Waals surface area (Å²) in [4.78, 5) is 25.7. The number of nitrogens with one attached hydrogen (secondary N) is 1. The van der Waals surface area contributed by atoms with Gasteiger partial charge in [0.15, 0.2) is 5.65 Å². The van der Waals surface area contributed by atoms with Crippen LogP contribution in [0.3, 0.4) is 0 Å². The Labute approximate surface area is 187 Å². The van der Waals surface area contributed by atoms with Gasteiger partial charge >= 0.3 is 0 Å². The molecule has 0 radical (unpaired) electrons. The van der Waals surface area contributed by atoms with Gasteiger partial charge in [0.1, 0.15) is 17.0 Å². The lowest BCUT2D eigenvalue weighted by Gasteiger charge is -2.37. The average Bonchev–Trinajstić information content (AvgIpc) is 3.35. The lowest BCUT2D eigenvalue weighted by atomic mass is 9.93.